The van der Waals surface area contributed by atoms with Crippen LogP contribution >= 0.6 is 0 Å². The van der Waals surface area contributed by atoms with Gasteiger partial charge in [0, 0.05) is 25.3 Å². The first-order valence-corrected chi connectivity index (χ1v) is 6.62. The number of hydrogen-bond acceptors (Lipinski definition) is 3. The molecule has 1 amide bonds. The lowest BCUT2D eigenvalue weighted by molar-refractivity contribution is -0.126. The Hall–Kier alpha value is -1.81. The molecule has 0 fully saturated rings. The van der Waals surface area contributed by atoms with Crippen LogP contribution in [0.25, 0.3) is 0 Å². The summed E-state index contributed by atoms with van der Waals surface area (Å²) in [5, 5.41) is 2.84. The number of nitrogen functional groups attached to an aromatic ring is 1. The molecule has 1 aromatic rings. The molecule has 1 aliphatic heterocycles. The predicted molar refractivity (Wildman–Crippen MR) is 77.6 cm³/mol. The molecule has 1 unspecified atom stereocenters. The molecule has 1 aliphatic rings. The second kappa shape index (κ2) is 5.89. The summed E-state index contributed by atoms with van der Waals surface area (Å²) in [4.78, 5) is 14.1. The van der Waals surface area contributed by atoms with Crippen LogP contribution in [-0.2, 0) is 17.8 Å². The first-order chi connectivity index (χ1) is 9.13. The van der Waals surface area contributed by atoms with Crippen molar-refractivity contribution < 1.29 is 4.79 Å². The number of benzene rings is 1. The standard InChI is InChI=1S/C15H21N3O/c1-3-8-17-15(19)11(2)18-9-7-13-12(10-18)5-4-6-14(13)16/h3-6,11H,1,7-10,16H2,2H3,(H,17,19). The molecule has 1 atom stereocenters. The Kier molecular flexibility index (Phi) is 4.22. The highest BCUT2D eigenvalue weighted by Crippen LogP contribution is 2.25. The molecule has 19 heavy (non-hydrogen) atoms. The van der Waals surface area contributed by atoms with Gasteiger partial charge in [0.25, 0.3) is 0 Å². The summed E-state index contributed by atoms with van der Waals surface area (Å²) in [5.74, 6) is 0.0484. The molecule has 0 bridgehead atoms. The highest BCUT2D eigenvalue weighted by Gasteiger charge is 2.25. The van der Waals surface area contributed by atoms with Gasteiger partial charge in [0.05, 0.1) is 6.04 Å². The van der Waals surface area contributed by atoms with E-state index in [1.54, 1.807) is 6.08 Å². The summed E-state index contributed by atoms with van der Waals surface area (Å²) < 4.78 is 0. The van der Waals surface area contributed by atoms with E-state index >= 15 is 0 Å². The zero-order valence-corrected chi connectivity index (χ0v) is 11.4. The molecular formula is C15H21N3O. The summed E-state index contributed by atoms with van der Waals surface area (Å²) in [5.41, 5.74) is 9.31. The lowest BCUT2D eigenvalue weighted by Gasteiger charge is -2.33. The number of nitrogens with zero attached hydrogens (tertiary/aromatic N) is 1. The normalized spacial score (nSPS) is 16.5. The van der Waals surface area contributed by atoms with Gasteiger partial charge < -0.3 is 11.1 Å². The van der Waals surface area contributed by atoms with Gasteiger partial charge in [-0.15, -0.1) is 6.58 Å². The molecule has 0 saturated carbocycles. The van der Waals surface area contributed by atoms with Gasteiger partial charge in [-0.2, -0.15) is 0 Å². The zero-order valence-electron chi connectivity index (χ0n) is 11.4. The fourth-order valence-corrected chi connectivity index (χ4v) is 2.48. The fourth-order valence-electron chi connectivity index (χ4n) is 2.48. The Morgan fingerprint density at radius 1 is 1.63 bits per heavy atom. The third kappa shape index (κ3) is 2.96. The lowest BCUT2D eigenvalue weighted by Crippen LogP contribution is -2.47. The Bertz CT molecular complexity index is 484. The van der Waals surface area contributed by atoms with Gasteiger partial charge in [-0.3, -0.25) is 9.69 Å². The SMILES string of the molecule is C=CCNC(=O)C(C)N1CCc2c(N)cccc2C1. The summed E-state index contributed by atoms with van der Waals surface area (Å²) in [6.45, 7) is 7.70. The number of nitrogens with one attached hydrogen (secondary N) is 1. The van der Waals surface area contributed by atoms with Crippen molar-refractivity contribution >= 4 is 11.6 Å². The van der Waals surface area contributed by atoms with E-state index < -0.39 is 0 Å². The first-order valence-electron chi connectivity index (χ1n) is 6.62. The second-order valence-corrected chi connectivity index (χ2v) is 4.92. The number of nitrogens with two attached hydrogens (primary N) is 1. The van der Waals surface area contributed by atoms with Crippen LogP contribution in [0.15, 0.2) is 30.9 Å². The third-order valence-corrected chi connectivity index (χ3v) is 3.68. The predicted octanol–water partition coefficient (Wildman–Crippen LogP) is 1.32. The number of rotatable bonds is 4. The van der Waals surface area contributed by atoms with Gasteiger partial charge in [-0.25, -0.2) is 0 Å². The lowest BCUT2D eigenvalue weighted by atomic mass is 9.97. The Balaban J connectivity index is 2.05. The first kappa shape index (κ1) is 13.6. The van der Waals surface area contributed by atoms with Gasteiger partial charge in [0.1, 0.15) is 0 Å². The molecular weight excluding hydrogens is 238 g/mol. The molecule has 0 saturated heterocycles. The van der Waals surface area contributed by atoms with E-state index in [0.717, 1.165) is 25.2 Å². The number of carbonyl (C=O) groups excluding carboxylic acids is 1. The van der Waals surface area contributed by atoms with E-state index in [9.17, 15) is 4.79 Å². The molecule has 0 radical (unpaired) electrons. The van der Waals surface area contributed by atoms with E-state index in [0.29, 0.717) is 6.54 Å². The Morgan fingerprint density at radius 2 is 2.42 bits per heavy atom. The van der Waals surface area contributed by atoms with Gasteiger partial charge in [0.15, 0.2) is 0 Å². The minimum Gasteiger partial charge on any atom is -0.398 e. The average Bonchev–Trinajstić information content (AvgIpc) is 2.43. The summed E-state index contributed by atoms with van der Waals surface area (Å²) in [6, 6.07) is 5.87. The van der Waals surface area contributed by atoms with Gasteiger partial charge in [-0.05, 0) is 30.5 Å². The van der Waals surface area contributed by atoms with E-state index in [1.165, 1.54) is 11.1 Å². The van der Waals surface area contributed by atoms with Crippen LogP contribution in [-0.4, -0.2) is 29.9 Å². The highest BCUT2D eigenvalue weighted by atomic mass is 16.2. The molecule has 0 aromatic heterocycles. The number of amides is 1. The van der Waals surface area contributed by atoms with Crippen molar-refractivity contribution in [3.8, 4) is 0 Å². The van der Waals surface area contributed by atoms with Crippen molar-refractivity contribution in [3.05, 3.63) is 42.0 Å². The number of anilines is 1. The number of fused-ring (bicyclic) bond motifs is 1. The van der Waals surface area contributed by atoms with E-state index in [1.807, 2.05) is 19.1 Å². The molecule has 4 heteroatoms. The molecule has 4 nitrogen and oxygen atoms in total. The van der Waals surface area contributed by atoms with Crippen LogP contribution in [0, 0.1) is 0 Å². The average molecular weight is 259 g/mol. The van der Waals surface area contributed by atoms with Gasteiger partial charge in [0.2, 0.25) is 5.91 Å². The quantitative estimate of drug-likeness (QED) is 0.633. The summed E-state index contributed by atoms with van der Waals surface area (Å²) in [6.07, 6.45) is 2.60. The minimum atomic E-state index is -0.130. The molecule has 0 spiro atoms. The van der Waals surface area contributed by atoms with Crippen molar-refractivity contribution in [1.82, 2.24) is 10.2 Å². The van der Waals surface area contributed by atoms with Crippen molar-refractivity contribution in [2.24, 2.45) is 0 Å². The highest BCUT2D eigenvalue weighted by molar-refractivity contribution is 5.81. The number of carbonyl (C=O) groups is 1. The third-order valence-electron chi connectivity index (χ3n) is 3.68. The molecule has 2 rings (SSSR count). The van der Waals surface area contributed by atoms with Crippen molar-refractivity contribution in [2.45, 2.75) is 25.9 Å². The van der Waals surface area contributed by atoms with Crippen LogP contribution in [0.3, 0.4) is 0 Å². The van der Waals surface area contributed by atoms with E-state index in [-0.39, 0.29) is 11.9 Å². The van der Waals surface area contributed by atoms with Crippen molar-refractivity contribution in [2.75, 3.05) is 18.8 Å². The van der Waals surface area contributed by atoms with E-state index in [2.05, 4.69) is 22.9 Å². The van der Waals surface area contributed by atoms with Crippen LogP contribution in [0.5, 0.6) is 0 Å². The summed E-state index contributed by atoms with van der Waals surface area (Å²) in [7, 11) is 0. The molecule has 1 aromatic carbocycles. The molecule has 0 aliphatic carbocycles. The topological polar surface area (TPSA) is 58.4 Å². The van der Waals surface area contributed by atoms with Crippen LogP contribution < -0.4 is 11.1 Å². The molecule has 3 N–H and O–H groups in total. The zero-order chi connectivity index (χ0) is 13.8. The maximum Gasteiger partial charge on any atom is 0.237 e. The van der Waals surface area contributed by atoms with Gasteiger partial charge in [-0.1, -0.05) is 18.2 Å². The smallest absolute Gasteiger partial charge is 0.237 e. The van der Waals surface area contributed by atoms with Crippen molar-refractivity contribution in [3.63, 3.8) is 0 Å². The second-order valence-electron chi connectivity index (χ2n) is 4.92. The maximum absolute atomic E-state index is 12.0. The Morgan fingerprint density at radius 3 is 3.16 bits per heavy atom. The molecule has 102 valence electrons. The van der Waals surface area contributed by atoms with Crippen LogP contribution in [0.4, 0.5) is 5.69 Å². The minimum absolute atomic E-state index is 0.0484. The van der Waals surface area contributed by atoms with Crippen LogP contribution in [0.1, 0.15) is 18.1 Å². The summed E-state index contributed by atoms with van der Waals surface area (Å²) >= 11 is 0. The van der Waals surface area contributed by atoms with Crippen LogP contribution in [0.2, 0.25) is 0 Å². The Labute approximate surface area is 114 Å². The molecule has 1 heterocycles. The largest absolute Gasteiger partial charge is 0.398 e. The van der Waals surface area contributed by atoms with E-state index in [4.69, 9.17) is 5.73 Å². The van der Waals surface area contributed by atoms with Gasteiger partial charge >= 0.3 is 0 Å². The number of hydrogen-bond donors (Lipinski definition) is 2. The van der Waals surface area contributed by atoms with Crippen molar-refractivity contribution in [1.29, 1.82) is 0 Å². The maximum atomic E-state index is 12.0. The monoisotopic (exact) mass is 259 g/mol. The fraction of sp³-hybridized carbons (Fsp3) is 0.400.